The monoisotopic (exact) mass is 230 g/mol. The number of benzene rings is 1. The Morgan fingerprint density at radius 1 is 1.44 bits per heavy atom. The van der Waals surface area contributed by atoms with Crippen LogP contribution in [0.15, 0.2) is 12.1 Å². The second-order valence-electron chi connectivity index (χ2n) is 3.54. The van der Waals surface area contributed by atoms with Crippen molar-refractivity contribution in [1.82, 2.24) is 0 Å². The number of alkyl halides is 2. The molecule has 0 saturated heterocycles. The van der Waals surface area contributed by atoms with Gasteiger partial charge in [-0.3, -0.25) is 4.79 Å². The van der Waals surface area contributed by atoms with Crippen LogP contribution in [0.5, 0.6) is 5.75 Å². The van der Waals surface area contributed by atoms with Crippen LogP contribution in [-0.4, -0.2) is 16.2 Å². The van der Waals surface area contributed by atoms with Crippen molar-refractivity contribution in [1.29, 1.82) is 0 Å². The molecular weight excluding hydrogens is 218 g/mol. The van der Waals surface area contributed by atoms with E-state index in [2.05, 4.69) is 0 Å². The summed E-state index contributed by atoms with van der Waals surface area (Å²) < 4.78 is 25.0. The van der Waals surface area contributed by atoms with Crippen molar-refractivity contribution in [3.05, 3.63) is 28.8 Å². The van der Waals surface area contributed by atoms with Crippen molar-refractivity contribution >= 4 is 5.97 Å². The predicted octanol–water partition coefficient (Wildman–Crippen LogP) is 2.66. The fourth-order valence-electron chi connectivity index (χ4n) is 1.45. The lowest BCUT2D eigenvalue weighted by molar-refractivity contribution is -0.136. The standard InChI is InChI=1S/C11H12F2O3/c1-6-4-7(2-3-9(14)15)5-8(10(6)16)11(12)13/h4-5,11,16H,2-3H2,1H3,(H,14,15). The molecule has 0 aromatic heterocycles. The maximum atomic E-state index is 12.5. The van der Waals surface area contributed by atoms with Gasteiger partial charge in [0, 0.05) is 6.42 Å². The number of aromatic hydroxyl groups is 1. The quantitative estimate of drug-likeness (QED) is 0.835. The molecule has 88 valence electrons. The minimum atomic E-state index is -2.76. The molecule has 16 heavy (non-hydrogen) atoms. The number of carboxylic acid groups (broad SMARTS) is 1. The molecule has 0 aliphatic rings. The van der Waals surface area contributed by atoms with E-state index in [0.29, 0.717) is 11.1 Å². The van der Waals surface area contributed by atoms with Crippen LogP contribution >= 0.6 is 0 Å². The highest BCUT2D eigenvalue weighted by Gasteiger charge is 2.16. The molecule has 0 aliphatic carbocycles. The first-order valence-electron chi connectivity index (χ1n) is 4.74. The van der Waals surface area contributed by atoms with Gasteiger partial charge in [-0.1, -0.05) is 6.07 Å². The Morgan fingerprint density at radius 2 is 2.06 bits per heavy atom. The van der Waals surface area contributed by atoms with Crippen molar-refractivity contribution in [2.45, 2.75) is 26.2 Å². The second kappa shape index (κ2) is 4.92. The molecule has 0 unspecified atom stereocenters. The average Bonchev–Trinajstić information content (AvgIpc) is 2.19. The third-order valence-corrected chi connectivity index (χ3v) is 2.25. The van der Waals surface area contributed by atoms with Gasteiger partial charge >= 0.3 is 5.97 Å². The number of carboxylic acids is 1. The summed E-state index contributed by atoms with van der Waals surface area (Å²) >= 11 is 0. The third kappa shape index (κ3) is 2.92. The van der Waals surface area contributed by atoms with Crippen LogP contribution in [0.3, 0.4) is 0 Å². The largest absolute Gasteiger partial charge is 0.507 e. The highest BCUT2D eigenvalue weighted by molar-refractivity contribution is 5.67. The summed E-state index contributed by atoms with van der Waals surface area (Å²) in [6.07, 6.45) is -2.70. The van der Waals surface area contributed by atoms with E-state index in [1.165, 1.54) is 13.0 Å². The summed E-state index contributed by atoms with van der Waals surface area (Å²) in [5, 5.41) is 17.9. The minimum Gasteiger partial charge on any atom is -0.507 e. The van der Waals surface area contributed by atoms with Crippen molar-refractivity contribution in [2.75, 3.05) is 0 Å². The summed E-state index contributed by atoms with van der Waals surface area (Å²) in [5.74, 6) is -1.40. The molecule has 5 heteroatoms. The van der Waals surface area contributed by atoms with Gasteiger partial charge in [0.2, 0.25) is 0 Å². The summed E-state index contributed by atoms with van der Waals surface area (Å²) in [4.78, 5) is 10.3. The Labute approximate surface area is 91.3 Å². The number of phenolic OH excluding ortho intramolecular Hbond substituents is 1. The van der Waals surface area contributed by atoms with E-state index in [4.69, 9.17) is 5.11 Å². The van der Waals surface area contributed by atoms with E-state index >= 15 is 0 Å². The molecule has 0 aliphatic heterocycles. The first-order valence-corrected chi connectivity index (χ1v) is 4.74. The Hall–Kier alpha value is -1.65. The van der Waals surface area contributed by atoms with Crippen molar-refractivity contribution in [3.8, 4) is 5.75 Å². The molecule has 0 atom stereocenters. The number of carbonyl (C=O) groups is 1. The molecule has 3 nitrogen and oxygen atoms in total. The lowest BCUT2D eigenvalue weighted by atomic mass is 10.0. The normalized spacial score (nSPS) is 10.8. The SMILES string of the molecule is Cc1cc(CCC(=O)O)cc(C(F)F)c1O. The molecular formula is C11H12F2O3. The fraction of sp³-hybridized carbons (Fsp3) is 0.364. The van der Waals surface area contributed by atoms with Gasteiger partial charge in [-0.15, -0.1) is 0 Å². The molecule has 0 bridgehead atoms. The van der Waals surface area contributed by atoms with Gasteiger partial charge in [-0.2, -0.15) is 0 Å². The Morgan fingerprint density at radius 3 is 2.56 bits per heavy atom. The zero-order valence-corrected chi connectivity index (χ0v) is 8.70. The third-order valence-electron chi connectivity index (χ3n) is 2.25. The molecule has 1 rings (SSSR count). The van der Waals surface area contributed by atoms with Crippen LogP contribution in [0.4, 0.5) is 8.78 Å². The molecule has 0 saturated carbocycles. The average molecular weight is 230 g/mol. The number of hydrogen-bond acceptors (Lipinski definition) is 2. The molecule has 1 aromatic rings. The van der Waals surface area contributed by atoms with Gasteiger partial charge in [-0.25, -0.2) is 8.78 Å². The van der Waals surface area contributed by atoms with Crippen molar-refractivity contribution in [3.63, 3.8) is 0 Å². The first-order chi connectivity index (χ1) is 7.41. The van der Waals surface area contributed by atoms with E-state index in [-0.39, 0.29) is 12.8 Å². The van der Waals surface area contributed by atoms with E-state index < -0.39 is 23.7 Å². The van der Waals surface area contributed by atoms with Gasteiger partial charge in [0.15, 0.2) is 0 Å². The second-order valence-corrected chi connectivity index (χ2v) is 3.54. The van der Waals surface area contributed by atoms with Crippen LogP contribution in [0, 0.1) is 6.92 Å². The summed E-state index contributed by atoms with van der Waals surface area (Å²) in [7, 11) is 0. The molecule has 2 N–H and O–H groups in total. The topological polar surface area (TPSA) is 57.5 Å². The summed E-state index contributed by atoms with van der Waals surface area (Å²) in [6.45, 7) is 1.51. The minimum absolute atomic E-state index is 0.118. The lowest BCUT2D eigenvalue weighted by Crippen LogP contribution is -1.99. The molecule has 0 fully saturated rings. The fourth-order valence-corrected chi connectivity index (χ4v) is 1.45. The number of rotatable bonds is 4. The van der Waals surface area contributed by atoms with Gasteiger partial charge in [0.1, 0.15) is 5.75 Å². The highest BCUT2D eigenvalue weighted by Crippen LogP contribution is 2.32. The predicted molar refractivity (Wildman–Crippen MR) is 53.8 cm³/mol. The van der Waals surface area contributed by atoms with Gasteiger partial charge < -0.3 is 10.2 Å². The molecule has 0 heterocycles. The number of halogens is 2. The van der Waals surface area contributed by atoms with Gasteiger partial charge in [-0.05, 0) is 30.5 Å². The Bertz CT molecular complexity index is 402. The van der Waals surface area contributed by atoms with Crippen LogP contribution in [0.1, 0.15) is 29.5 Å². The smallest absolute Gasteiger partial charge is 0.303 e. The molecule has 0 amide bonds. The number of phenols is 1. The highest BCUT2D eigenvalue weighted by atomic mass is 19.3. The van der Waals surface area contributed by atoms with Crippen LogP contribution in [0.25, 0.3) is 0 Å². The Kier molecular flexibility index (Phi) is 3.82. The maximum absolute atomic E-state index is 12.5. The van der Waals surface area contributed by atoms with E-state index in [1.54, 1.807) is 0 Å². The van der Waals surface area contributed by atoms with Crippen LogP contribution in [0.2, 0.25) is 0 Å². The van der Waals surface area contributed by atoms with Crippen LogP contribution in [-0.2, 0) is 11.2 Å². The number of aliphatic carboxylic acids is 1. The Balaban J connectivity index is 2.99. The molecule has 0 spiro atoms. The van der Waals surface area contributed by atoms with Gasteiger partial charge in [0.25, 0.3) is 6.43 Å². The zero-order valence-electron chi connectivity index (χ0n) is 8.70. The molecule has 1 aromatic carbocycles. The van der Waals surface area contributed by atoms with Crippen molar-refractivity contribution in [2.24, 2.45) is 0 Å². The van der Waals surface area contributed by atoms with Crippen molar-refractivity contribution < 1.29 is 23.8 Å². The van der Waals surface area contributed by atoms with E-state index in [1.807, 2.05) is 0 Å². The van der Waals surface area contributed by atoms with Gasteiger partial charge in [0.05, 0.1) is 5.56 Å². The zero-order chi connectivity index (χ0) is 12.3. The van der Waals surface area contributed by atoms with E-state index in [0.717, 1.165) is 6.07 Å². The van der Waals surface area contributed by atoms with Crippen LogP contribution < -0.4 is 0 Å². The first kappa shape index (κ1) is 12.4. The summed E-state index contributed by atoms with van der Waals surface area (Å²) in [6, 6.07) is 2.67. The number of hydrogen-bond donors (Lipinski definition) is 2. The van der Waals surface area contributed by atoms with E-state index in [9.17, 15) is 18.7 Å². The summed E-state index contributed by atoms with van der Waals surface area (Å²) in [5.41, 5.74) is 0.381. The maximum Gasteiger partial charge on any atom is 0.303 e. The lowest BCUT2D eigenvalue weighted by Gasteiger charge is -2.09. The molecule has 0 radical (unpaired) electrons. The number of aryl methyl sites for hydroxylation is 2.